The summed E-state index contributed by atoms with van der Waals surface area (Å²) in [6.45, 7) is 9.31. The summed E-state index contributed by atoms with van der Waals surface area (Å²) in [6, 6.07) is 18.4. The molecule has 1 nitrogen and oxygen atoms in total. The Morgan fingerprint density at radius 2 is 1.54 bits per heavy atom. The summed E-state index contributed by atoms with van der Waals surface area (Å²) >= 11 is 1.36. The summed E-state index contributed by atoms with van der Waals surface area (Å²) in [5.41, 5.74) is 0. The van der Waals surface area contributed by atoms with Crippen LogP contribution >= 0.6 is 24.8 Å². The predicted octanol–water partition coefficient (Wildman–Crippen LogP) is 6.36. The molecule has 0 aliphatic heterocycles. The van der Waals surface area contributed by atoms with E-state index in [1.165, 1.54) is 40.0 Å². The zero-order chi connectivity index (χ0) is 15.2. The number of rotatable bonds is 0. The van der Waals surface area contributed by atoms with Crippen molar-refractivity contribution in [2.45, 2.75) is 20.8 Å². The second-order valence-corrected chi connectivity index (χ2v) is 4.47. The Morgan fingerprint density at radius 1 is 1.00 bits per heavy atom. The van der Waals surface area contributed by atoms with Crippen molar-refractivity contribution >= 4 is 42.5 Å². The number of fused-ring (bicyclic) bond motifs is 1. The summed E-state index contributed by atoms with van der Waals surface area (Å²) < 4.78 is 0. The van der Waals surface area contributed by atoms with Crippen LogP contribution in [0.15, 0.2) is 60.8 Å². The van der Waals surface area contributed by atoms with Gasteiger partial charge in [0.25, 0.3) is 0 Å². The third-order valence-electron chi connectivity index (χ3n) is 1.99. The van der Waals surface area contributed by atoms with Gasteiger partial charge in [-0.1, -0.05) is 6.07 Å². The maximum Gasteiger partial charge on any atom is -0.0809 e. The molecule has 0 amide bonds. The molecule has 1 N–H and O–H groups in total. The smallest absolute Gasteiger partial charge is 0.0809 e. The van der Waals surface area contributed by atoms with Crippen molar-refractivity contribution in [2.75, 3.05) is 0 Å². The Balaban J connectivity index is -0.0000000713. The third kappa shape index (κ3) is 19.8. The first-order valence-corrected chi connectivity index (χ1v) is 10.5. The molecule has 0 spiro atoms. The average Bonchev–Trinajstić information content (AvgIpc) is 3.15. The Bertz CT molecular complexity index is 489. The fourth-order valence-electron chi connectivity index (χ4n) is 1.31. The van der Waals surface area contributed by atoms with E-state index in [4.69, 9.17) is 0 Å². The number of halogens is 2. The van der Waals surface area contributed by atoms with E-state index in [-0.39, 0.29) is 39.7 Å². The fraction of sp³-hybridized carbons (Fsp3) is 0.158. The van der Waals surface area contributed by atoms with Crippen LogP contribution in [0.1, 0.15) is 20.8 Å². The minimum Gasteiger partial charge on any atom is -0.484 e. The number of hydrogen-bond donors (Lipinski definition) is 1. The van der Waals surface area contributed by atoms with Gasteiger partial charge in [-0.2, -0.15) is 56.6 Å². The van der Waals surface area contributed by atoms with Crippen molar-refractivity contribution < 1.29 is 23.3 Å². The van der Waals surface area contributed by atoms with Gasteiger partial charge in [0.2, 0.25) is 0 Å². The Labute approximate surface area is 178 Å². The van der Waals surface area contributed by atoms with Crippen molar-refractivity contribution in [1.82, 2.24) is 4.98 Å². The van der Waals surface area contributed by atoms with Crippen LogP contribution in [0.25, 0.3) is 10.8 Å². The van der Waals surface area contributed by atoms with E-state index in [9.17, 15) is 0 Å². The molecule has 0 atom stereocenters. The number of benzene rings is 1. The Kier molecular flexibility index (Phi) is 36.5. The Morgan fingerprint density at radius 3 is 1.92 bits per heavy atom. The predicted molar refractivity (Wildman–Crippen MR) is 113 cm³/mol. The van der Waals surface area contributed by atoms with E-state index in [1.807, 2.05) is 18.3 Å². The number of aromatic nitrogens is 1. The van der Waals surface area contributed by atoms with Gasteiger partial charge < -0.3 is 25.8 Å². The summed E-state index contributed by atoms with van der Waals surface area (Å²) in [6.07, 6.45) is 4.56. The van der Waals surface area contributed by atoms with Crippen LogP contribution in [-0.2, 0) is 23.3 Å². The number of nitrogens with one attached hydrogen (secondary N) is 1. The topological polar surface area (TPSA) is 15.8 Å². The first-order valence-electron chi connectivity index (χ1n) is 6.32. The van der Waals surface area contributed by atoms with Gasteiger partial charge in [-0.25, -0.2) is 0 Å². The molecule has 3 rings (SSSR count). The number of aromatic amines is 1. The molecule has 0 saturated carbocycles. The van der Waals surface area contributed by atoms with Crippen LogP contribution in [-0.4, -0.2) is 11.9 Å². The van der Waals surface area contributed by atoms with Gasteiger partial charge in [0.15, 0.2) is 0 Å². The maximum atomic E-state index is 3.06. The van der Waals surface area contributed by atoms with Crippen LogP contribution in [0.3, 0.4) is 0 Å². The first kappa shape index (κ1) is 35.0. The molecule has 0 aliphatic rings. The molecule has 24 heavy (non-hydrogen) atoms. The molecule has 2 radical (unpaired) electrons. The molecule has 5 heteroatoms. The first-order chi connectivity index (χ1) is 9.70. The molecule has 1 heterocycles. The van der Waals surface area contributed by atoms with E-state index < -0.39 is 0 Å². The van der Waals surface area contributed by atoms with Crippen molar-refractivity contribution in [1.29, 1.82) is 0 Å². The van der Waals surface area contributed by atoms with Crippen LogP contribution in [0, 0.1) is 27.0 Å². The fourth-order valence-corrected chi connectivity index (χ4v) is 1.31. The molecule has 0 bridgehead atoms. The molecule has 1 aromatic heterocycles. The van der Waals surface area contributed by atoms with Gasteiger partial charge in [-0.3, -0.25) is 0 Å². The van der Waals surface area contributed by atoms with Crippen LogP contribution < -0.4 is 0 Å². The summed E-state index contributed by atoms with van der Waals surface area (Å²) in [7, 11) is 0. The zero-order valence-corrected chi connectivity index (χ0v) is 20.2. The summed E-state index contributed by atoms with van der Waals surface area (Å²) in [5.74, 6) is 1.42. The van der Waals surface area contributed by atoms with E-state index >= 15 is 0 Å². The van der Waals surface area contributed by atoms with E-state index in [0.29, 0.717) is 0 Å². The minimum absolute atomic E-state index is 0. The molecule has 0 unspecified atom stereocenters. The normalized spacial score (nSPS) is 7.12. The van der Waals surface area contributed by atoms with Gasteiger partial charge in [0.1, 0.15) is 0 Å². The van der Waals surface area contributed by atoms with E-state index in [2.05, 4.69) is 81.3 Å². The van der Waals surface area contributed by atoms with Gasteiger partial charge in [-0.15, -0.1) is 60.7 Å². The summed E-state index contributed by atoms with van der Waals surface area (Å²) in [5, 5.41) is 2.66. The van der Waals surface area contributed by atoms with E-state index in [0.717, 1.165) is 0 Å². The van der Waals surface area contributed by atoms with Crippen molar-refractivity contribution in [3.8, 4) is 0 Å². The largest absolute Gasteiger partial charge is 0.484 e. The van der Waals surface area contributed by atoms with Crippen molar-refractivity contribution in [3.05, 3.63) is 87.8 Å². The molecule has 0 aliphatic carbocycles. The van der Waals surface area contributed by atoms with Crippen molar-refractivity contribution in [3.63, 3.8) is 0 Å². The second kappa shape index (κ2) is 25.0. The maximum absolute atomic E-state index is 3.06. The minimum atomic E-state index is 0. The second-order valence-electron chi connectivity index (χ2n) is 4.47. The van der Waals surface area contributed by atoms with Gasteiger partial charge in [0, 0.05) is 0 Å². The molecular formula is C19H28Cl2NSiZr-5. The standard InChI is InChI=1S/C9H7.C4H4N.C4H9.2CH3.2ClH.Si.Zr/c1-2-5-9-7-3-6-8(9)4-1;1-2-4-5-3-1;1-4(2)3;;;;;;/h1-7H;1-3,5H;1-3H3;2*1H3;2*1H;;/q5*-1;;;;. The van der Waals surface area contributed by atoms with E-state index in [1.54, 1.807) is 0 Å². The van der Waals surface area contributed by atoms with Crippen LogP contribution in [0.2, 0.25) is 0 Å². The van der Waals surface area contributed by atoms with Gasteiger partial charge in [0.05, 0.1) is 0 Å². The number of H-pyrrole nitrogens is 1. The van der Waals surface area contributed by atoms with Gasteiger partial charge in [-0.05, 0) is 0 Å². The molecule has 0 fully saturated rings. The Hall–Kier alpha value is -0.210. The number of hydrogen-bond acceptors (Lipinski definition) is 0. The monoisotopic (exact) mass is 458 g/mol. The molecule has 0 saturated heterocycles. The molecule has 3 aromatic rings. The SMILES string of the molecule is C[C-](C)C.Cl.Cl.[CH3-].[CH3-].[Si]=[Zr].[c-]1ccc[nH]1.c1ccc2[cH-]ccc2c1. The van der Waals surface area contributed by atoms with Crippen molar-refractivity contribution in [2.24, 2.45) is 0 Å². The quantitative estimate of drug-likeness (QED) is 0.297. The molecule has 2 aromatic carbocycles. The molecule has 136 valence electrons. The van der Waals surface area contributed by atoms with Crippen LogP contribution in [0.5, 0.6) is 0 Å². The third-order valence-corrected chi connectivity index (χ3v) is 1.99. The van der Waals surface area contributed by atoms with Gasteiger partial charge >= 0.3 is 30.2 Å². The average molecular weight is 461 g/mol. The molecular weight excluding hydrogens is 432 g/mol. The summed E-state index contributed by atoms with van der Waals surface area (Å²) in [4.78, 5) is 2.74. The zero-order valence-electron chi connectivity index (χ0n) is 15.1. The van der Waals surface area contributed by atoms with Crippen LogP contribution in [0.4, 0.5) is 0 Å².